The number of benzene rings is 1. The molecule has 0 saturated carbocycles. The second-order valence-electron chi connectivity index (χ2n) is 8.06. The van der Waals surface area contributed by atoms with Crippen LogP contribution in [0.15, 0.2) is 54.9 Å². The van der Waals surface area contributed by atoms with E-state index in [1.54, 1.807) is 25.4 Å². The predicted octanol–water partition coefficient (Wildman–Crippen LogP) is 3.66. The van der Waals surface area contributed by atoms with Gasteiger partial charge in [0.2, 0.25) is 11.8 Å². The van der Waals surface area contributed by atoms with Gasteiger partial charge in [-0.25, -0.2) is 15.0 Å². The quantitative estimate of drug-likeness (QED) is 0.489. The van der Waals surface area contributed by atoms with Crippen LogP contribution in [0.5, 0.6) is 5.88 Å². The van der Waals surface area contributed by atoms with Crippen molar-refractivity contribution >= 4 is 28.2 Å². The van der Waals surface area contributed by atoms with E-state index < -0.39 is 0 Å². The number of aryl methyl sites for hydroxylation is 1. The SMILES string of the molecule is COc1ccc(NC(=O)CN(C)c2nc(-c3cc4ccccc4cn3)nc3c2CCC3)cn1. The predicted molar refractivity (Wildman–Crippen MR) is 127 cm³/mol. The monoisotopic (exact) mass is 440 g/mol. The number of carbonyl (C=O) groups excluding carboxylic acids is 1. The van der Waals surface area contributed by atoms with Gasteiger partial charge in [-0.3, -0.25) is 9.78 Å². The maximum atomic E-state index is 12.7. The fraction of sp³-hybridized carbons (Fsp3) is 0.240. The van der Waals surface area contributed by atoms with E-state index in [1.165, 1.54) is 0 Å². The lowest BCUT2D eigenvalue weighted by molar-refractivity contribution is -0.114. The van der Waals surface area contributed by atoms with E-state index in [-0.39, 0.29) is 12.5 Å². The molecule has 166 valence electrons. The number of amides is 1. The summed E-state index contributed by atoms with van der Waals surface area (Å²) in [5, 5.41) is 5.04. The summed E-state index contributed by atoms with van der Waals surface area (Å²) in [7, 11) is 3.43. The highest BCUT2D eigenvalue weighted by Gasteiger charge is 2.23. The van der Waals surface area contributed by atoms with E-state index in [4.69, 9.17) is 14.7 Å². The zero-order valence-corrected chi connectivity index (χ0v) is 18.6. The number of methoxy groups -OCH3 is 1. The molecular weight excluding hydrogens is 416 g/mol. The molecule has 1 aromatic carbocycles. The Kier molecular flexibility index (Phi) is 5.56. The summed E-state index contributed by atoms with van der Waals surface area (Å²) in [6, 6.07) is 13.6. The lowest BCUT2D eigenvalue weighted by Crippen LogP contribution is -2.31. The molecule has 0 aliphatic heterocycles. The number of nitrogens with zero attached hydrogens (tertiary/aromatic N) is 5. The largest absolute Gasteiger partial charge is 0.481 e. The van der Waals surface area contributed by atoms with Gasteiger partial charge >= 0.3 is 0 Å². The minimum absolute atomic E-state index is 0.153. The first-order chi connectivity index (χ1) is 16.1. The van der Waals surface area contributed by atoms with E-state index in [1.807, 2.05) is 42.4 Å². The van der Waals surface area contributed by atoms with Gasteiger partial charge in [0.15, 0.2) is 5.82 Å². The van der Waals surface area contributed by atoms with Crippen LogP contribution < -0.4 is 15.0 Å². The molecule has 0 unspecified atom stereocenters. The van der Waals surface area contributed by atoms with Crippen molar-refractivity contribution in [3.05, 3.63) is 66.1 Å². The topological polar surface area (TPSA) is 93.1 Å². The van der Waals surface area contributed by atoms with Crippen LogP contribution in [-0.4, -0.2) is 46.5 Å². The Morgan fingerprint density at radius 3 is 2.70 bits per heavy atom. The first-order valence-corrected chi connectivity index (χ1v) is 10.9. The molecule has 8 heteroatoms. The van der Waals surface area contributed by atoms with Crippen molar-refractivity contribution in [3.8, 4) is 17.4 Å². The number of nitrogens with one attached hydrogen (secondary N) is 1. The van der Waals surface area contributed by atoms with Crippen molar-refractivity contribution in [2.45, 2.75) is 19.3 Å². The molecule has 0 atom stereocenters. The van der Waals surface area contributed by atoms with Crippen LogP contribution in [0.1, 0.15) is 17.7 Å². The number of carbonyl (C=O) groups is 1. The summed E-state index contributed by atoms with van der Waals surface area (Å²) in [5.41, 5.74) is 3.49. The van der Waals surface area contributed by atoms with Crippen LogP contribution in [0.25, 0.3) is 22.3 Å². The summed E-state index contributed by atoms with van der Waals surface area (Å²) in [6.07, 6.45) is 6.26. The number of hydrogen-bond acceptors (Lipinski definition) is 7. The molecule has 1 amide bonds. The number of anilines is 2. The molecule has 4 aromatic rings. The van der Waals surface area contributed by atoms with Gasteiger partial charge in [-0.15, -0.1) is 0 Å². The molecule has 1 aliphatic rings. The highest BCUT2D eigenvalue weighted by molar-refractivity contribution is 5.94. The van der Waals surface area contributed by atoms with E-state index in [0.717, 1.165) is 52.8 Å². The van der Waals surface area contributed by atoms with Crippen LogP contribution in [-0.2, 0) is 17.6 Å². The van der Waals surface area contributed by atoms with Crippen molar-refractivity contribution in [2.24, 2.45) is 0 Å². The second kappa shape index (κ2) is 8.82. The summed E-state index contributed by atoms with van der Waals surface area (Å²) in [4.78, 5) is 32.9. The second-order valence-corrected chi connectivity index (χ2v) is 8.06. The van der Waals surface area contributed by atoms with Gasteiger partial charge in [0.1, 0.15) is 11.5 Å². The van der Waals surface area contributed by atoms with Gasteiger partial charge in [0.05, 0.1) is 25.5 Å². The molecule has 8 nitrogen and oxygen atoms in total. The third kappa shape index (κ3) is 4.32. The molecule has 0 radical (unpaired) electrons. The van der Waals surface area contributed by atoms with Crippen molar-refractivity contribution < 1.29 is 9.53 Å². The normalized spacial score (nSPS) is 12.4. The maximum Gasteiger partial charge on any atom is 0.243 e. The molecule has 0 saturated heterocycles. The fourth-order valence-electron chi connectivity index (χ4n) is 4.11. The van der Waals surface area contributed by atoms with Crippen molar-refractivity contribution in [2.75, 3.05) is 30.9 Å². The van der Waals surface area contributed by atoms with Crippen LogP contribution in [0.4, 0.5) is 11.5 Å². The Balaban J connectivity index is 1.40. The number of rotatable bonds is 6. The fourth-order valence-corrected chi connectivity index (χ4v) is 4.11. The van der Waals surface area contributed by atoms with E-state index in [0.29, 0.717) is 17.4 Å². The average molecular weight is 441 g/mol. The first kappa shape index (κ1) is 20.8. The Labute approximate surface area is 191 Å². The number of pyridine rings is 2. The molecular formula is C25H24N6O2. The minimum Gasteiger partial charge on any atom is -0.481 e. The number of aromatic nitrogens is 4. The van der Waals surface area contributed by atoms with Crippen LogP contribution in [0.2, 0.25) is 0 Å². The molecule has 0 bridgehead atoms. The van der Waals surface area contributed by atoms with Crippen molar-refractivity contribution in [1.29, 1.82) is 0 Å². The summed E-state index contributed by atoms with van der Waals surface area (Å²) >= 11 is 0. The van der Waals surface area contributed by atoms with Gasteiger partial charge in [-0.1, -0.05) is 24.3 Å². The van der Waals surface area contributed by atoms with Gasteiger partial charge in [-0.2, -0.15) is 0 Å². The minimum atomic E-state index is -0.153. The standard InChI is InChI=1S/C25H24N6O2/c1-31(15-22(32)28-18-10-11-23(33-2)27-14-18)25-19-8-5-9-20(19)29-24(30-25)21-12-16-6-3-4-7-17(16)13-26-21/h3-4,6-7,10-14H,5,8-9,15H2,1-2H3,(H,28,32). The number of ether oxygens (including phenoxy) is 1. The van der Waals surface area contributed by atoms with Gasteiger partial charge in [-0.05, 0) is 36.8 Å². The maximum absolute atomic E-state index is 12.7. The third-order valence-corrected chi connectivity index (χ3v) is 5.74. The number of fused-ring (bicyclic) bond motifs is 2. The van der Waals surface area contributed by atoms with Gasteiger partial charge < -0.3 is 15.0 Å². The van der Waals surface area contributed by atoms with Crippen LogP contribution in [0, 0.1) is 0 Å². The zero-order valence-electron chi connectivity index (χ0n) is 18.6. The Hall–Kier alpha value is -4.07. The van der Waals surface area contributed by atoms with Crippen LogP contribution in [0.3, 0.4) is 0 Å². The lowest BCUT2D eigenvalue weighted by atomic mass is 10.1. The van der Waals surface area contributed by atoms with Crippen molar-refractivity contribution in [1.82, 2.24) is 19.9 Å². The Morgan fingerprint density at radius 1 is 1.06 bits per heavy atom. The summed E-state index contributed by atoms with van der Waals surface area (Å²) < 4.78 is 5.06. The molecule has 1 N–H and O–H groups in total. The average Bonchev–Trinajstić information content (AvgIpc) is 3.32. The van der Waals surface area contributed by atoms with Gasteiger partial charge in [0, 0.05) is 36.0 Å². The smallest absolute Gasteiger partial charge is 0.243 e. The molecule has 33 heavy (non-hydrogen) atoms. The molecule has 1 aliphatic carbocycles. The molecule has 5 rings (SSSR count). The summed E-state index contributed by atoms with van der Waals surface area (Å²) in [6.45, 7) is 0.153. The Bertz CT molecular complexity index is 1320. The van der Waals surface area contributed by atoms with Gasteiger partial charge in [0.25, 0.3) is 0 Å². The highest BCUT2D eigenvalue weighted by atomic mass is 16.5. The zero-order chi connectivity index (χ0) is 22.8. The molecule has 3 aromatic heterocycles. The lowest BCUT2D eigenvalue weighted by Gasteiger charge is -2.21. The van der Waals surface area contributed by atoms with E-state index in [2.05, 4.69) is 21.4 Å². The molecule has 0 spiro atoms. The van der Waals surface area contributed by atoms with Crippen LogP contribution >= 0.6 is 0 Å². The Morgan fingerprint density at radius 2 is 1.91 bits per heavy atom. The van der Waals surface area contributed by atoms with Crippen molar-refractivity contribution in [3.63, 3.8) is 0 Å². The first-order valence-electron chi connectivity index (χ1n) is 10.9. The number of likely N-dealkylation sites (N-methyl/N-ethyl adjacent to an activating group) is 1. The van der Waals surface area contributed by atoms with E-state index >= 15 is 0 Å². The number of hydrogen-bond donors (Lipinski definition) is 1. The highest BCUT2D eigenvalue weighted by Crippen LogP contribution is 2.31. The third-order valence-electron chi connectivity index (χ3n) is 5.74. The summed E-state index contributed by atoms with van der Waals surface area (Å²) in [5.74, 6) is 1.71. The molecule has 0 fully saturated rings. The van der Waals surface area contributed by atoms with E-state index in [9.17, 15) is 4.79 Å². The molecule has 3 heterocycles.